The van der Waals surface area contributed by atoms with Crippen molar-refractivity contribution < 1.29 is 0 Å². The van der Waals surface area contributed by atoms with E-state index in [0.717, 1.165) is 23.7 Å². The SMILES string of the molecule is NC(c1cccc(C2CCC2)c1)C1CC2CCC1C2. The van der Waals surface area contributed by atoms with Crippen LogP contribution in [-0.2, 0) is 0 Å². The number of nitrogens with two attached hydrogens (primary N) is 1. The maximum absolute atomic E-state index is 6.62. The Kier molecular flexibility index (Phi) is 2.91. The fourth-order valence-corrected chi connectivity index (χ4v) is 4.74. The largest absolute Gasteiger partial charge is 0.324 e. The first-order chi connectivity index (χ1) is 9.31. The normalized spacial score (nSPS) is 35.3. The van der Waals surface area contributed by atoms with E-state index in [-0.39, 0.29) is 6.04 Å². The van der Waals surface area contributed by atoms with Crippen LogP contribution in [0.15, 0.2) is 24.3 Å². The van der Waals surface area contributed by atoms with Gasteiger partial charge in [-0.25, -0.2) is 0 Å². The lowest BCUT2D eigenvalue weighted by molar-refractivity contribution is 0.284. The molecular weight excluding hydrogens is 230 g/mol. The molecule has 1 aromatic rings. The van der Waals surface area contributed by atoms with Gasteiger partial charge in [0.05, 0.1) is 0 Å². The molecule has 2 N–H and O–H groups in total. The van der Waals surface area contributed by atoms with Crippen LogP contribution in [0.4, 0.5) is 0 Å². The maximum Gasteiger partial charge on any atom is 0.0326 e. The smallest absolute Gasteiger partial charge is 0.0326 e. The van der Waals surface area contributed by atoms with Crippen molar-refractivity contribution in [1.82, 2.24) is 0 Å². The first-order valence-corrected chi connectivity index (χ1v) is 8.16. The number of fused-ring (bicyclic) bond motifs is 2. The van der Waals surface area contributed by atoms with Gasteiger partial charge in [0, 0.05) is 6.04 Å². The highest BCUT2D eigenvalue weighted by Crippen LogP contribution is 2.52. The third-order valence-corrected chi connectivity index (χ3v) is 6.13. The summed E-state index contributed by atoms with van der Waals surface area (Å²) in [5, 5.41) is 0. The molecule has 0 spiro atoms. The molecule has 0 heterocycles. The average molecular weight is 255 g/mol. The number of benzene rings is 1. The van der Waals surface area contributed by atoms with E-state index in [4.69, 9.17) is 5.73 Å². The van der Waals surface area contributed by atoms with Crippen molar-refractivity contribution in [1.29, 1.82) is 0 Å². The topological polar surface area (TPSA) is 26.0 Å². The van der Waals surface area contributed by atoms with Crippen LogP contribution < -0.4 is 5.73 Å². The predicted octanol–water partition coefficient (Wildman–Crippen LogP) is 4.39. The Morgan fingerprint density at radius 2 is 1.95 bits per heavy atom. The van der Waals surface area contributed by atoms with E-state index < -0.39 is 0 Å². The van der Waals surface area contributed by atoms with Crippen LogP contribution in [0.5, 0.6) is 0 Å². The minimum absolute atomic E-state index is 0.287. The van der Waals surface area contributed by atoms with Crippen molar-refractivity contribution in [3.8, 4) is 0 Å². The molecule has 0 radical (unpaired) electrons. The zero-order chi connectivity index (χ0) is 12.8. The summed E-state index contributed by atoms with van der Waals surface area (Å²) in [6, 6.07) is 9.51. The highest BCUT2D eigenvalue weighted by atomic mass is 14.7. The molecule has 3 aliphatic rings. The highest BCUT2D eigenvalue weighted by molar-refractivity contribution is 5.30. The Morgan fingerprint density at radius 3 is 2.58 bits per heavy atom. The monoisotopic (exact) mass is 255 g/mol. The van der Waals surface area contributed by atoms with E-state index in [1.807, 2.05) is 0 Å². The van der Waals surface area contributed by atoms with Crippen LogP contribution in [0.3, 0.4) is 0 Å². The van der Waals surface area contributed by atoms with Gasteiger partial charge in [0.2, 0.25) is 0 Å². The van der Waals surface area contributed by atoms with Crippen molar-refractivity contribution in [3.05, 3.63) is 35.4 Å². The summed E-state index contributed by atoms with van der Waals surface area (Å²) in [6.07, 6.45) is 9.93. The second-order valence-electron chi connectivity index (χ2n) is 7.16. The van der Waals surface area contributed by atoms with Gasteiger partial charge in [-0.3, -0.25) is 0 Å². The molecule has 0 aliphatic heterocycles. The minimum Gasteiger partial charge on any atom is -0.324 e. The Balaban J connectivity index is 1.54. The fraction of sp³-hybridized carbons (Fsp3) is 0.667. The summed E-state index contributed by atoms with van der Waals surface area (Å²) in [7, 11) is 0. The molecular formula is C18H25N. The molecule has 19 heavy (non-hydrogen) atoms. The van der Waals surface area contributed by atoms with Crippen LogP contribution in [0, 0.1) is 17.8 Å². The summed E-state index contributed by atoms with van der Waals surface area (Å²) >= 11 is 0. The van der Waals surface area contributed by atoms with E-state index >= 15 is 0 Å². The Morgan fingerprint density at radius 1 is 1.05 bits per heavy atom. The van der Waals surface area contributed by atoms with Crippen LogP contribution in [0.25, 0.3) is 0 Å². The average Bonchev–Trinajstić information content (AvgIpc) is 2.98. The van der Waals surface area contributed by atoms with Crippen molar-refractivity contribution in [2.24, 2.45) is 23.5 Å². The van der Waals surface area contributed by atoms with Crippen LogP contribution >= 0.6 is 0 Å². The van der Waals surface area contributed by atoms with Gasteiger partial charge in [-0.15, -0.1) is 0 Å². The molecule has 2 bridgehead atoms. The Bertz CT molecular complexity index is 463. The first-order valence-electron chi connectivity index (χ1n) is 8.16. The third-order valence-electron chi connectivity index (χ3n) is 6.13. The zero-order valence-corrected chi connectivity index (χ0v) is 11.7. The van der Waals surface area contributed by atoms with Crippen LogP contribution in [-0.4, -0.2) is 0 Å². The summed E-state index contributed by atoms with van der Waals surface area (Å²) in [4.78, 5) is 0. The van der Waals surface area contributed by atoms with Gasteiger partial charge in [-0.1, -0.05) is 37.1 Å². The molecule has 4 rings (SSSR count). The minimum atomic E-state index is 0.287. The lowest BCUT2D eigenvalue weighted by Gasteiger charge is -2.30. The molecule has 3 aliphatic carbocycles. The van der Waals surface area contributed by atoms with E-state index in [1.54, 1.807) is 5.56 Å². The Hall–Kier alpha value is -0.820. The van der Waals surface area contributed by atoms with Gasteiger partial charge >= 0.3 is 0 Å². The number of hydrogen-bond acceptors (Lipinski definition) is 1. The Labute approximate surface area is 116 Å². The molecule has 0 aromatic heterocycles. The molecule has 4 atom stereocenters. The van der Waals surface area contributed by atoms with Crippen molar-refractivity contribution >= 4 is 0 Å². The fourth-order valence-electron chi connectivity index (χ4n) is 4.74. The predicted molar refractivity (Wildman–Crippen MR) is 78.9 cm³/mol. The zero-order valence-electron chi connectivity index (χ0n) is 11.7. The lowest BCUT2D eigenvalue weighted by Crippen LogP contribution is -2.26. The van der Waals surface area contributed by atoms with Crippen LogP contribution in [0.1, 0.15) is 68.0 Å². The van der Waals surface area contributed by atoms with E-state index in [2.05, 4.69) is 24.3 Å². The molecule has 0 saturated heterocycles. The molecule has 3 fully saturated rings. The van der Waals surface area contributed by atoms with Gasteiger partial charge < -0.3 is 5.73 Å². The van der Waals surface area contributed by atoms with E-state index in [1.165, 1.54) is 50.5 Å². The summed E-state index contributed by atoms with van der Waals surface area (Å²) in [6.45, 7) is 0. The summed E-state index contributed by atoms with van der Waals surface area (Å²) in [5.41, 5.74) is 9.56. The van der Waals surface area contributed by atoms with Crippen molar-refractivity contribution in [2.75, 3.05) is 0 Å². The van der Waals surface area contributed by atoms with E-state index in [0.29, 0.717) is 0 Å². The van der Waals surface area contributed by atoms with Gasteiger partial charge in [-0.05, 0) is 66.9 Å². The molecule has 4 unspecified atom stereocenters. The van der Waals surface area contributed by atoms with Crippen molar-refractivity contribution in [3.63, 3.8) is 0 Å². The highest BCUT2D eigenvalue weighted by Gasteiger charge is 2.42. The van der Waals surface area contributed by atoms with Gasteiger partial charge in [0.25, 0.3) is 0 Å². The maximum atomic E-state index is 6.62. The third kappa shape index (κ3) is 2.03. The standard InChI is InChI=1S/C18H25N/c19-18(17-10-12-7-8-15(17)9-12)16-6-2-5-14(11-16)13-3-1-4-13/h2,5-6,11-13,15,17-18H,1,3-4,7-10,19H2. The lowest BCUT2D eigenvalue weighted by atomic mass is 9.77. The van der Waals surface area contributed by atoms with Crippen LogP contribution in [0.2, 0.25) is 0 Å². The van der Waals surface area contributed by atoms with E-state index in [9.17, 15) is 0 Å². The molecule has 3 saturated carbocycles. The van der Waals surface area contributed by atoms with Gasteiger partial charge in [0.1, 0.15) is 0 Å². The molecule has 1 nitrogen and oxygen atoms in total. The summed E-state index contributed by atoms with van der Waals surface area (Å²) in [5.74, 6) is 3.51. The molecule has 0 amide bonds. The first kappa shape index (κ1) is 12.0. The van der Waals surface area contributed by atoms with Gasteiger partial charge in [0.15, 0.2) is 0 Å². The molecule has 1 aromatic carbocycles. The molecule has 1 heteroatoms. The van der Waals surface area contributed by atoms with Crippen molar-refractivity contribution in [2.45, 2.75) is 56.9 Å². The number of rotatable bonds is 3. The molecule has 102 valence electrons. The number of hydrogen-bond donors (Lipinski definition) is 1. The second kappa shape index (κ2) is 4.63. The quantitative estimate of drug-likeness (QED) is 0.851. The van der Waals surface area contributed by atoms with Gasteiger partial charge in [-0.2, -0.15) is 0 Å². The summed E-state index contributed by atoms with van der Waals surface area (Å²) < 4.78 is 0. The second-order valence-corrected chi connectivity index (χ2v) is 7.16.